The highest BCUT2D eigenvalue weighted by molar-refractivity contribution is 6.32. The third kappa shape index (κ3) is 2.99. The number of hydrogen-bond donors (Lipinski definition) is 0. The Labute approximate surface area is 77.5 Å². The van der Waals surface area contributed by atoms with Gasteiger partial charge in [0, 0.05) is 6.92 Å². The van der Waals surface area contributed by atoms with Crippen molar-refractivity contribution in [1.82, 2.24) is 0 Å². The molecule has 0 bridgehead atoms. The summed E-state index contributed by atoms with van der Waals surface area (Å²) < 4.78 is 5.11. The summed E-state index contributed by atoms with van der Waals surface area (Å²) in [7, 11) is 0. The van der Waals surface area contributed by atoms with Crippen LogP contribution in [0.1, 0.15) is 39.0 Å². The summed E-state index contributed by atoms with van der Waals surface area (Å²) in [6.07, 6.45) is 5.36. The minimum atomic E-state index is -0.505. The molecule has 0 spiro atoms. The molecule has 0 radical (unpaired) electrons. The molecule has 1 saturated carbocycles. The van der Waals surface area contributed by atoms with E-state index in [0.29, 0.717) is 0 Å². The molecule has 0 atom stereocenters. The number of rotatable bonds is 2. The fourth-order valence-electron chi connectivity index (χ4n) is 1.46. The Morgan fingerprint density at radius 2 is 2.00 bits per heavy atom. The van der Waals surface area contributed by atoms with Gasteiger partial charge in [-0.25, -0.2) is 4.79 Å². The molecule has 0 N–H and O–H groups in total. The number of hydrogen-bond acceptors (Lipinski definition) is 2. The number of ether oxygens (including phenoxy) is 1. The molecule has 0 aliphatic heterocycles. The van der Waals surface area contributed by atoms with Crippen LogP contribution in [0.5, 0.6) is 0 Å². The summed E-state index contributed by atoms with van der Waals surface area (Å²) in [6.45, 7) is 1.44. The predicted octanol–water partition coefficient (Wildman–Crippen LogP) is 1.55. The van der Waals surface area contributed by atoms with Crippen molar-refractivity contribution in [3.8, 4) is 0 Å². The van der Waals surface area contributed by atoms with Gasteiger partial charge in [0.05, 0.1) is 0 Å². The Bertz CT molecular complexity index is 238. The number of carbonyl (C=O) groups excluding carboxylic acids is 1. The minimum absolute atomic E-state index is 0.0190. The molecule has 4 heteroatoms. The highest BCUT2D eigenvalue weighted by Gasteiger charge is 2.22. The largest absolute Gasteiger partial charge is 0.454 e. The lowest BCUT2D eigenvalue weighted by Gasteiger charge is -2.20. The van der Waals surface area contributed by atoms with E-state index in [1.165, 1.54) is 13.3 Å². The summed E-state index contributed by atoms with van der Waals surface area (Å²) in [4.78, 5) is 13.9. The lowest BCUT2D eigenvalue weighted by Crippen LogP contribution is -2.25. The Morgan fingerprint density at radius 1 is 1.38 bits per heavy atom. The van der Waals surface area contributed by atoms with E-state index in [0.717, 1.165) is 25.7 Å². The summed E-state index contributed by atoms with van der Waals surface area (Å²) in [6, 6.07) is 0. The predicted molar refractivity (Wildman–Crippen MR) is 47.3 cm³/mol. The molecule has 1 fully saturated rings. The van der Waals surface area contributed by atoms with Crippen LogP contribution in [0.3, 0.4) is 0 Å². The van der Waals surface area contributed by atoms with Gasteiger partial charge in [-0.3, -0.25) is 0 Å². The van der Waals surface area contributed by atoms with E-state index in [1.54, 1.807) is 0 Å². The number of nitrogens with zero attached hydrogens (tertiary/aromatic N) is 2. The topological polar surface area (TPSA) is 62.7 Å². The zero-order valence-corrected chi connectivity index (χ0v) is 7.82. The van der Waals surface area contributed by atoms with E-state index in [-0.39, 0.29) is 11.8 Å². The Morgan fingerprint density at radius 3 is 2.54 bits per heavy atom. The SMILES string of the molecule is CC(=[N+]=[N-])C(=O)OC1CCCCC1. The quantitative estimate of drug-likeness (QED) is 0.281. The first-order valence-electron chi connectivity index (χ1n) is 4.63. The molecule has 0 aromatic heterocycles. The average molecular weight is 182 g/mol. The second-order valence-electron chi connectivity index (χ2n) is 3.35. The van der Waals surface area contributed by atoms with E-state index in [4.69, 9.17) is 10.3 Å². The molecule has 0 aromatic rings. The maximum absolute atomic E-state index is 11.1. The van der Waals surface area contributed by atoms with Crippen molar-refractivity contribution in [2.45, 2.75) is 45.1 Å². The third-order valence-corrected chi connectivity index (χ3v) is 2.27. The second-order valence-corrected chi connectivity index (χ2v) is 3.35. The van der Waals surface area contributed by atoms with Crippen molar-refractivity contribution < 1.29 is 14.3 Å². The van der Waals surface area contributed by atoms with Crippen LogP contribution in [0.15, 0.2) is 0 Å². The molecular weight excluding hydrogens is 168 g/mol. The van der Waals surface area contributed by atoms with Crippen LogP contribution in [-0.4, -0.2) is 22.6 Å². The van der Waals surface area contributed by atoms with E-state index < -0.39 is 5.97 Å². The van der Waals surface area contributed by atoms with E-state index in [2.05, 4.69) is 4.79 Å². The van der Waals surface area contributed by atoms with Gasteiger partial charge in [-0.2, -0.15) is 4.79 Å². The summed E-state index contributed by atoms with van der Waals surface area (Å²) in [5.74, 6) is -0.505. The Hall–Kier alpha value is -1.15. The normalized spacial score (nSPS) is 17.6. The van der Waals surface area contributed by atoms with Crippen LogP contribution in [0.4, 0.5) is 0 Å². The lowest BCUT2D eigenvalue weighted by molar-refractivity contribution is -0.146. The minimum Gasteiger partial charge on any atom is -0.454 e. The van der Waals surface area contributed by atoms with Crippen molar-refractivity contribution in [2.24, 2.45) is 0 Å². The first kappa shape index (κ1) is 9.93. The number of carbonyl (C=O) groups is 1. The maximum Gasteiger partial charge on any atom is 0.416 e. The van der Waals surface area contributed by atoms with Crippen LogP contribution in [0.25, 0.3) is 5.53 Å². The standard InChI is InChI=1S/C9H14N2O2/c1-7(11-10)9(12)13-8-5-3-2-4-6-8/h8H,2-6H2,1H3. The molecule has 1 aliphatic carbocycles. The fourth-order valence-corrected chi connectivity index (χ4v) is 1.46. The van der Waals surface area contributed by atoms with Crippen molar-refractivity contribution in [3.63, 3.8) is 0 Å². The molecule has 0 aromatic carbocycles. The molecule has 0 saturated heterocycles. The van der Waals surface area contributed by atoms with Gasteiger partial charge < -0.3 is 10.3 Å². The van der Waals surface area contributed by atoms with E-state index >= 15 is 0 Å². The van der Waals surface area contributed by atoms with E-state index in [9.17, 15) is 4.79 Å². The van der Waals surface area contributed by atoms with Crippen molar-refractivity contribution in [1.29, 1.82) is 0 Å². The molecule has 0 heterocycles. The summed E-state index contributed by atoms with van der Waals surface area (Å²) in [5.41, 5.74) is 8.34. The molecule has 1 rings (SSSR count). The van der Waals surface area contributed by atoms with Gasteiger partial charge >= 0.3 is 11.7 Å². The molecule has 4 nitrogen and oxygen atoms in total. The number of esters is 1. The van der Waals surface area contributed by atoms with Gasteiger partial charge in [0.2, 0.25) is 0 Å². The fraction of sp³-hybridized carbons (Fsp3) is 0.778. The van der Waals surface area contributed by atoms with Crippen molar-refractivity contribution in [2.75, 3.05) is 0 Å². The van der Waals surface area contributed by atoms with Gasteiger partial charge in [-0.1, -0.05) is 6.42 Å². The Balaban J connectivity index is 2.39. The van der Waals surface area contributed by atoms with Crippen LogP contribution in [0.2, 0.25) is 0 Å². The molecule has 1 aliphatic rings. The van der Waals surface area contributed by atoms with Crippen LogP contribution in [-0.2, 0) is 9.53 Å². The van der Waals surface area contributed by atoms with Gasteiger partial charge in [-0.15, -0.1) is 0 Å². The van der Waals surface area contributed by atoms with E-state index in [1.807, 2.05) is 0 Å². The highest BCUT2D eigenvalue weighted by Crippen LogP contribution is 2.20. The average Bonchev–Trinajstić information content (AvgIpc) is 2.18. The van der Waals surface area contributed by atoms with Crippen LogP contribution in [0, 0.1) is 0 Å². The zero-order chi connectivity index (χ0) is 9.68. The third-order valence-electron chi connectivity index (χ3n) is 2.27. The first-order chi connectivity index (χ1) is 6.24. The smallest absolute Gasteiger partial charge is 0.416 e. The lowest BCUT2D eigenvalue weighted by atomic mass is 9.98. The van der Waals surface area contributed by atoms with Crippen LogP contribution >= 0.6 is 0 Å². The van der Waals surface area contributed by atoms with Crippen LogP contribution < -0.4 is 0 Å². The van der Waals surface area contributed by atoms with Crippen molar-refractivity contribution >= 4 is 11.7 Å². The zero-order valence-electron chi connectivity index (χ0n) is 7.82. The van der Waals surface area contributed by atoms with Gasteiger partial charge in [-0.05, 0) is 25.7 Å². The maximum atomic E-state index is 11.1. The molecule has 0 amide bonds. The monoisotopic (exact) mass is 182 g/mol. The van der Waals surface area contributed by atoms with Gasteiger partial charge in [0.1, 0.15) is 6.10 Å². The summed E-state index contributed by atoms with van der Waals surface area (Å²) >= 11 is 0. The molecule has 13 heavy (non-hydrogen) atoms. The van der Waals surface area contributed by atoms with Gasteiger partial charge in [0.15, 0.2) is 0 Å². The molecule has 0 unspecified atom stereocenters. The second kappa shape index (κ2) is 4.77. The first-order valence-corrected chi connectivity index (χ1v) is 4.63. The highest BCUT2D eigenvalue weighted by atomic mass is 16.5. The molecular formula is C9H14N2O2. The Kier molecular flexibility index (Phi) is 3.65. The van der Waals surface area contributed by atoms with Crippen molar-refractivity contribution in [3.05, 3.63) is 5.53 Å². The summed E-state index contributed by atoms with van der Waals surface area (Å²) in [5, 5.41) is 0. The van der Waals surface area contributed by atoms with Gasteiger partial charge in [0.25, 0.3) is 0 Å². The molecule has 72 valence electrons.